The first-order valence-corrected chi connectivity index (χ1v) is 8.52. The van der Waals surface area contributed by atoms with Crippen LogP contribution in [0.15, 0.2) is 21.7 Å². The van der Waals surface area contributed by atoms with Gasteiger partial charge in [-0.15, -0.1) is 0 Å². The molecule has 2 aromatic heterocycles. The maximum atomic E-state index is 12.5. The summed E-state index contributed by atoms with van der Waals surface area (Å²) >= 11 is 0. The van der Waals surface area contributed by atoms with Crippen molar-refractivity contribution in [2.45, 2.75) is 57.5 Å². The van der Waals surface area contributed by atoms with Crippen LogP contribution in [-0.4, -0.2) is 26.4 Å². The minimum absolute atomic E-state index is 0.0349. The molecule has 1 aliphatic carbocycles. The molecular formula is C17H22N4O2. The molecule has 0 atom stereocenters. The van der Waals surface area contributed by atoms with E-state index in [2.05, 4.69) is 14.9 Å². The third-order valence-corrected chi connectivity index (χ3v) is 5.00. The van der Waals surface area contributed by atoms with Gasteiger partial charge in [-0.25, -0.2) is 9.97 Å². The smallest absolute Gasteiger partial charge is 0.255 e. The summed E-state index contributed by atoms with van der Waals surface area (Å²) in [4.78, 5) is 26.7. The Morgan fingerprint density at radius 1 is 1.30 bits per heavy atom. The Hall–Kier alpha value is -1.95. The highest BCUT2D eigenvalue weighted by Gasteiger charge is 2.25. The van der Waals surface area contributed by atoms with Gasteiger partial charge in [-0.05, 0) is 12.8 Å². The molecule has 4 rings (SSSR count). The molecule has 0 unspecified atom stereocenters. The average molecular weight is 314 g/mol. The summed E-state index contributed by atoms with van der Waals surface area (Å²) in [5, 5.41) is 0. The number of hydrogen-bond acceptors (Lipinski definition) is 5. The Morgan fingerprint density at radius 2 is 2.17 bits per heavy atom. The number of aromatic amines is 1. The van der Waals surface area contributed by atoms with Gasteiger partial charge in [0, 0.05) is 25.4 Å². The predicted molar refractivity (Wildman–Crippen MR) is 85.0 cm³/mol. The maximum Gasteiger partial charge on any atom is 0.255 e. The highest BCUT2D eigenvalue weighted by Crippen LogP contribution is 2.30. The molecule has 122 valence electrons. The van der Waals surface area contributed by atoms with E-state index in [1.165, 1.54) is 19.3 Å². The third kappa shape index (κ3) is 3.08. The molecule has 3 heterocycles. The molecule has 0 aromatic carbocycles. The lowest BCUT2D eigenvalue weighted by Gasteiger charge is -2.28. The summed E-state index contributed by atoms with van der Waals surface area (Å²) in [6.45, 7) is 2.14. The van der Waals surface area contributed by atoms with E-state index in [1.807, 2.05) is 0 Å². The number of oxazole rings is 1. The Kier molecular flexibility index (Phi) is 3.99. The fourth-order valence-corrected chi connectivity index (χ4v) is 3.73. The van der Waals surface area contributed by atoms with E-state index in [0.29, 0.717) is 24.9 Å². The van der Waals surface area contributed by atoms with E-state index in [4.69, 9.17) is 9.40 Å². The first-order chi connectivity index (χ1) is 11.3. The van der Waals surface area contributed by atoms with E-state index in [-0.39, 0.29) is 5.56 Å². The molecule has 1 aliphatic heterocycles. The van der Waals surface area contributed by atoms with Crippen LogP contribution in [0, 0.1) is 0 Å². The fraction of sp³-hybridized carbons (Fsp3) is 0.588. The average Bonchev–Trinajstić information content (AvgIpc) is 3.09. The number of hydrogen-bond donors (Lipinski definition) is 1. The summed E-state index contributed by atoms with van der Waals surface area (Å²) < 4.78 is 5.30. The van der Waals surface area contributed by atoms with Gasteiger partial charge in [0.1, 0.15) is 12.1 Å². The van der Waals surface area contributed by atoms with Gasteiger partial charge < -0.3 is 9.40 Å². The highest BCUT2D eigenvalue weighted by molar-refractivity contribution is 5.22. The van der Waals surface area contributed by atoms with Gasteiger partial charge in [0.05, 0.1) is 24.0 Å². The Labute approximate surface area is 135 Å². The van der Waals surface area contributed by atoms with Crippen molar-refractivity contribution in [3.8, 4) is 0 Å². The number of H-pyrrole nitrogens is 1. The minimum Gasteiger partial charge on any atom is -0.448 e. The van der Waals surface area contributed by atoms with Crippen molar-refractivity contribution >= 4 is 0 Å². The normalized spacial score (nSPS) is 19.7. The van der Waals surface area contributed by atoms with E-state index in [9.17, 15) is 4.79 Å². The lowest BCUT2D eigenvalue weighted by molar-refractivity contribution is 0.217. The molecule has 6 nitrogen and oxygen atoms in total. The van der Waals surface area contributed by atoms with Crippen LogP contribution in [0.5, 0.6) is 0 Å². The van der Waals surface area contributed by atoms with Crippen LogP contribution in [0.3, 0.4) is 0 Å². The molecule has 6 heteroatoms. The molecule has 0 saturated heterocycles. The molecule has 2 aliphatic rings. The van der Waals surface area contributed by atoms with Crippen molar-refractivity contribution in [2.24, 2.45) is 0 Å². The van der Waals surface area contributed by atoms with Gasteiger partial charge in [0.2, 0.25) is 5.89 Å². The second-order valence-corrected chi connectivity index (χ2v) is 6.60. The number of aromatic nitrogens is 3. The van der Waals surface area contributed by atoms with Crippen LogP contribution < -0.4 is 5.56 Å². The van der Waals surface area contributed by atoms with Gasteiger partial charge in [0.25, 0.3) is 5.56 Å². The summed E-state index contributed by atoms with van der Waals surface area (Å²) in [6.07, 6.45) is 10.2. The zero-order valence-corrected chi connectivity index (χ0v) is 13.3. The Morgan fingerprint density at radius 3 is 2.96 bits per heavy atom. The van der Waals surface area contributed by atoms with Gasteiger partial charge >= 0.3 is 0 Å². The lowest BCUT2D eigenvalue weighted by atomic mass is 9.88. The summed E-state index contributed by atoms with van der Waals surface area (Å²) in [5.74, 6) is 2.04. The van der Waals surface area contributed by atoms with Gasteiger partial charge in [-0.2, -0.15) is 0 Å². The minimum atomic E-state index is 0.0349. The van der Waals surface area contributed by atoms with E-state index in [0.717, 1.165) is 42.9 Å². The standard InChI is InChI=1S/C17H22N4O2/c22-17-13-10-21(11-15-18-7-9-23-15)8-6-14(13)19-16(20-17)12-4-2-1-3-5-12/h7,9,12H,1-6,8,10-11H2,(H,19,20,22). The van der Waals surface area contributed by atoms with Crippen LogP contribution in [0.2, 0.25) is 0 Å². The molecule has 0 spiro atoms. The van der Waals surface area contributed by atoms with Crippen LogP contribution in [0.25, 0.3) is 0 Å². The summed E-state index contributed by atoms with van der Waals surface area (Å²) in [7, 11) is 0. The third-order valence-electron chi connectivity index (χ3n) is 5.00. The van der Waals surface area contributed by atoms with E-state index < -0.39 is 0 Å². The SMILES string of the molecule is O=c1[nH]c(C2CCCCC2)nc2c1CN(Cc1ncco1)CC2. The molecule has 1 fully saturated rings. The molecule has 1 N–H and O–H groups in total. The second-order valence-electron chi connectivity index (χ2n) is 6.60. The molecule has 1 saturated carbocycles. The van der Waals surface area contributed by atoms with Crippen LogP contribution in [-0.2, 0) is 19.5 Å². The van der Waals surface area contributed by atoms with Crippen molar-refractivity contribution in [3.63, 3.8) is 0 Å². The Balaban J connectivity index is 1.54. The van der Waals surface area contributed by atoms with Crippen molar-refractivity contribution in [2.75, 3.05) is 6.54 Å². The van der Waals surface area contributed by atoms with Crippen molar-refractivity contribution < 1.29 is 4.42 Å². The molecule has 0 radical (unpaired) electrons. The lowest BCUT2D eigenvalue weighted by Crippen LogP contribution is -2.36. The first kappa shape index (κ1) is 14.6. The van der Waals surface area contributed by atoms with Gasteiger partial charge in [0.15, 0.2) is 0 Å². The topological polar surface area (TPSA) is 75.0 Å². The highest BCUT2D eigenvalue weighted by atomic mass is 16.3. The number of nitrogens with one attached hydrogen (secondary N) is 1. The monoisotopic (exact) mass is 314 g/mol. The van der Waals surface area contributed by atoms with Crippen molar-refractivity contribution in [1.29, 1.82) is 0 Å². The van der Waals surface area contributed by atoms with E-state index >= 15 is 0 Å². The first-order valence-electron chi connectivity index (χ1n) is 8.52. The summed E-state index contributed by atoms with van der Waals surface area (Å²) in [5.41, 5.74) is 1.83. The number of nitrogens with zero attached hydrogens (tertiary/aromatic N) is 3. The fourth-order valence-electron chi connectivity index (χ4n) is 3.73. The van der Waals surface area contributed by atoms with Crippen molar-refractivity contribution in [3.05, 3.63) is 45.8 Å². The van der Waals surface area contributed by atoms with Crippen LogP contribution in [0.1, 0.15) is 61.0 Å². The molecule has 2 aromatic rings. The van der Waals surface area contributed by atoms with Gasteiger partial charge in [-0.1, -0.05) is 19.3 Å². The van der Waals surface area contributed by atoms with Crippen LogP contribution in [0.4, 0.5) is 0 Å². The predicted octanol–water partition coefficient (Wildman–Crippen LogP) is 2.36. The maximum absolute atomic E-state index is 12.5. The largest absolute Gasteiger partial charge is 0.448 e. The zero-order chi connectivity index (χ0) is 15.6. The van der Waals surface area contributed by atoms with Gasteiger partial charge in [-0.3, -0.25) is 9.69 Å². The molecule has 0 amide bonds. The zero-order valence-electron chi connectivity index (χ0n) is 13.3. The molecule has 23 heavy (non-hydrogen) atoms. The van der Waals surface area contributed by atoms with E-state index in [1.54, 1.807) is 12.5 Å². The van der Waals surface area contributed by atoms with Crippen LogP contribution >= 0.6 is 0 Å². The Bertz CT molecular complexity index is 717. The second kappa shape index (κ2) is 6.28. The number of fused-ring (bicyclic) bond motifs is 1. The quantitative estimate of drug-likeness (QED) is 0.941. The number of rotatable bonds is 3. The van der Waals surface area contributed by atoms with Crippen molar-refractivity contribution in [1.82, 2.24) is 19.9 Å². The molecule has 0 bridgehead atoms. The molecular weight excluding hydrogens is 292 g/mol. The summed E-state index contributed by atoms with van der Waals surface area (Å²) in [6, 6.07) is 0.